The van der Waals surface area contributed by atoms with E-state index in [2.05, 4.69) is 72.3 Å². The number of amides is 1. The lowest BCUT2D eigenvalue weighted by Gasteiger charge is -2.27. The maximum absolute atomic E-state index is 13.3. The predicted octanol–water partition coefficient (Wildman–Crippen LogP) is 5.86. The molecule has 1 saturated carbocycles. The molecule has 0 bridgehead atoms. The van der Waals surface area contributed by atoms with Gasteiger partial charge in [0, 0.05) is 29.2 Å². The van der Waals surface area contributed by atoms with E-state index in [1.807, 2.05) is 6.92 Å². The van der Waals surface area contributed by atoms with Crippen molar-refractivity contribution in [2.45, 2.75) is 77.8 Å². The van der Waals surface area contributed by atoms with E-state index in [9.17, 15) is 9.90 Å². The molecule has 0 aliphatic heterocycles. The summed E-state index contributed by atoms with van der Waals surface area (Å²) in [6.45, 7) is 7.03. The molecule has 1 heterocycles. The van der Waals surface area contributed by atoms with E-state index in [-0.39, 0.29) is 24.5 Å². The molecule has 2 atom stereocenters. The van der Waals surface area contributed by atoms with Crippen molar-refractivity contribution in [1.29, 1.82) is 0 Å². The van der Waals surface area contributed by atoms with Crippen LogP contribution in [0, 0.1) is 19.8 Å². The highest BCUT2D eigenvalue weighted by molar-refractivity contribution is 5.85. The van der Waals surface area contributed by atoms with Crippen LogP contribution >= 0.6 is 0 Å². The van der Waals surface area contributed by atoms with Gasteiger partial charge in [0.1, 0.15) is 0 Å². The topological polar surface area (TPSA) is 54.3 Å². The number of fused-ring (bicyclic) bond motifs is 1. The summed E-state index contributed by atoms with van der Waals surface area (Å²) in [4.78, 5) is 13.3. The van der Waals surface area contributed by atoms with Crippen molar-refractivity contribution >= 4 is 16.8 Å². The maximum Gasteiger partial charge on any atom is 0.228 e. The number of aliphatic hydroxyl groups excluding tert-OH is 1. The average Bonchev–Trinajstić information content (AvgIpc) is 3.00. The molecule has 4 heteroatoms. The first kappa shape index (κ1) is 23.6. The smallest absolute Gasteiger partial charge is 0.228 e. The second kappa shape index (κ2) is 10.6. The summed E-state index contributed by atoms with van der Waals surface area (Å²) in [5, 5.41) is 13.8. The molecule has 4 nitrogen and oxygen atoms in total. The van der Waals surface area contributed by atoms with Crippen molar-refractivity contribution in [1.82, 2.24) is 9.88 Å². The monoisotopic (exact) mass is 446 g/mol. The maximum atomic E-state index is 13.3. The number of rotatable bonds is 7. The van der Waals surface area contributed by atoms with Gasteiger partial charge in [-0.2, -0.15) is 0 Å². The summed E-state index contributed by atoms with van der Waals surface area (Å²) in [6.07, 6.45) is 7.12. The van der Waals surface area contributed by atoms with Crippen molar-refractivity contribution in [3.8, 4) is 0 Å². The molecule has 4 rings (SSSR count). The molecular weight excluding hydrogens is 408 g/mol. The van der Waals surface area contributed by atoms with E-state index in [4.69, 9.17) is 0 Å². The number of benzene rings is 2. The lowest BCUT2D eigenvalue weighted by atomic mass is 9.80. The first-order valence-corrected chi connectivity index (χ1v) is 12.5. The fraction of sp³-hybridized carbons (Fsp3) is 0.483. The number of aliphatic hydroxyl groups is 1. The summed E-state index contributed by atoms with van der Waals surface area (Å²) in [5.74, 6) is 0.268. The Labute approximate surface area is 198 Å². The van der Waals surface area contributed by atoms with E-state index >= 15 is 0 Å². The van der Waals surface area contributed by atoms with E-state index in [1.54, 1.807) is 0 Å². The molecule has 1 aliphatic rings. The number of hydrogen-bond donors (Lipinski definition) is 2. The second-order valence-electron chi connectivity index (χ2n) is 9.88. The summed E-state index contributed by atoms with van der Waals surface area (Å²) in [7, 11) is 0. The second-order valence-corrected chi connectivity index (χ2v) is 9.88. The molecule has 3 aromatic rings. The van der Waals surface area contributed by atoms with Gasteiger partial charge in [0.15, 0.2) is 0 Å². The highest BCUT2D eigenvalue weighted by Crippen LogP contribution is 2.36. The van der Waals surface area contributed by atoms with Crippen molar-refractivity contribution in [2.24, 2.45) is 5.92 Å². The van der Waals surface area contributed by atoms with Crippen LogP contribution in [0.4, 0.5) is 0 Å². The summed E-state index contributed by atoms with van der Waals surface area (Å²) in [6, 6.07) is 17.0. The number of carbonyl (C=O) groups excluding carboxylic acids is 1. The van der Waals surface area contributed by atoms with Crippen LogP contribution in [0.15, 0.2) is 48.5 Å². The Balaban J connectivity index is 1.60. The minimum atomic E-state index is -0.224. The Morgan fingerprint density at radius 3 is 2.36 bits per heavy atom. The molecule has 0 radical (unpaired) electrons. The molecule has 1 aliphatic carbocycles. The van der Waals surface area contributed by atoms with E-state index in [0.29, 0.717) is 5.92 Å². The zero-order chi connectivity index (χ0) is 23.4. The Bertz CT molecular complexity index is 1070. The molecule has 0 spiro atoms. The Morgan fingerprint density at radius 2 is 1.70 bits per heavy atom. The van der Waals surface area contributed by atoms with Gasteiger partial charge in [0.2, 0.25) is 5.91 Å². The van der Waals surface area contributed by atoms with Crippen LogP contribution in [0.5, 0.6) is 0 Å². The third kappa shape index (κ3) is 5.16. The normalized spacial score (nSPS) is 17.0. The third-order valence-corrected chi connectivity index (χ3v) is 7.54. The van der Waals surface area contributed by atoms with E-state index < -0.39 is 0 Å². The molecule has 2 aromatic carbocycles. The molecule has 1 amide bonds. The van der Waals surface area contributed by atoms with Crippen molar-refractivity contribution in [3.63, 3.8) is 0 Å². The molecule has 176 valence electrons. The summed E-state index contributed by atoms with van der Waals surface area (Å²) >= 11 is 0. The predicted molar refractivity (Wildman–Crippen MR) is 136 cm³/mol. The number of carbonyl (C=O) groups is 1. The molecule has 33 heavy (non-hydrogen) atoms. The highest BCUT2D eigenvalue weighted by Gasteiger charge is 2.31. The van der Waals surface area contributed by atoms with Gasteiger partial charge in [-0.15, -0.1) is 0 Å². The van der Waals surface area contributed by atoms with Crippen LogP contribution in [0.2, 0.25) is 0 Å². The molecular formula is C29H38N2O2. The number of nitrogens with zero attached hydrogens (tertiary/aromatic N) is 1. The minimum Gasteiger partial charge on any atom is -0.394 e. The van der Waals surface area contributed by atoms with Gasteiger partial charge in [-0.1, -0.05) is 68.1 Å². The lowest BCUT2D eigenvalue weighted by Crippen LogP contribution is -2.40. The zero-order valence-corrected chi connectivity index (χ0v) is 20.3. The van der Waals surface area contributed by atoms with E-state index in [1.165, 1.54) is 53.4 Å². The molecule has 2 N–H and O–H groups in total. The Kier molecular flexibility index (Phi) is 7.54. The fourth-order valence-corrected chi connectivity index (χ4v) is 5.48. The number of aryl methyl sites for hydroxylation is 1. The van der Waals surface area contributed by atoms with Crippen LogP contribution in [0.1, 0.15) is 73.8 Å². The lowest BCUT2D eigenvalue weighted by molar-refractivity contribution is -0.124. The SMILES string of the molecule is Cc1c(C)n(Cc2ccc(C(C(=O)N[C@H](C)CO)C3CCCCCC3)cc2)c2ccccc12. The zero-order valence-electron chi connectivity index (χ0n) is 20.3. The molecule has 0 saturated heterocycles. The van der Waals surface area contributed by atoms with Gasteiger partial charge >= 0.3 is 0 Å². The highest BCUT2D eigenvalue weighted by atomic mass is 16.3. The largest absolute Gasteiger partial charge is 0.394 e. The number of para-hydroxylation sites is 1. The van der Waals surface area contributed by atoms with Crippen LogP contribution < -0.4 is 5.32 Å². The molecule has 1 aromatic heterocycles. The van der Waals surface area contributed by atoms with Crippen molar-refractivity contribution in [2.75, 3.05) is 6.61 Å². The van der Waals surface area contributed by atoms with E-state index in [0.717, 1.165) is 24.9 Å². The van der Waals surface area contributed by atoms with Crippen LogP contribution in [-0.2, 0) is 11.3 Å². The number of aromatic nitrogens is 1. The summed E-state index contributed by atoms with van der Waals surface area (Å²) in [5.41, 5.74) is 6.24. The van der Waals surface area contributed by atoms with Gasteiger partial charge in [-0.25, -0.2) is 0 Å². The van der Waals surface area contributed by atoms with Crippen molar-refractivity contribution in [3.05, 3.63) is 70.9 Å². The first-order valence-electron chi connectivity index (χ1n) is 12.5. The molecule has 1 unspecified atom stereocenters. The minimum absolute atomic E-state index is 0.0361. The van der Waals surface area contributed by atoms with Crippen molar-refractivity contribution < 1.29 is 9.90 Å². The van der Waals surface area contributed by atoms with Gasteiger partial charge in [-0.05, 0) is 62.3 Å². The fourth-order valence-electron chi connectivity index (χ4n) is 5.48. The van der Waals surface area contributed by atoms with Gasteiger partial charge in [-0.3, -0.25) is 4.79 Å². The van der Waals surface area contributed by atoms with Gasteiger partial charge < -0.3 is 15.0 Å². The first-order chi connectivity index (χ1) is 16.0. The average molecular weight is 447 g/mol. The van der Waals surface area contributed by atoms with Gasteiger partial charge in [0.25, 0.3) is 0 Å². The van der Waals surface area contributed by atoms with Crippen LogP contribution in [-0.4, -0.2) is 28.2 Å². The Morgan fingerprint density at radius 1 is 1.03 bits per heavy atom. The number of hydrogen-bond acceptors (Lipinski definition) is 2. The van der Waals surface area contributed by atoms with Crippen LogP contribution in [0.25, 0.3) is 10.9 Å². The Hall–Kier alpha value is -2.59. The van der Waals surface area contributed by atoms with Crippen LogP contribution in [0.3, 0.4) is 0 Å². The molecule has 1 fully saturated rings. The summed E-state index contributed by atoms with van der Waals surface area (Å²) < 4.78 is 2.39. The number of nitrogens with one attached hydrogen (secondary N) is 1. The standard InChI is InChI=1S/C29H38N2O2/c1-20(19-32)30-29(33)28(24-10-6-4-5-7-11-24)25-16-14-23(15-17-25)18-31-22(3)21(2)26-12-8-9-13-27(26)31/h8-9,12-17,20,24,28,32H,4-7,10-11,18-19H2,1-3H3,(H,30,33)/t20-,28?/m1/s1. The quantitative estimate of drug-likeness (QED) is 0.447. The van der Waals surface area contributed by atoms with Gasteiger partial charge in [0.05, 0.1) is 12.5 Å². The third-order valence-electron chi connectivity index (χ3n) is 7.54.